The van der Waals surface area contributed by atoms with Crippen LogP contribution in [0.1, 0.15) is 31.9 Å². The van der Waals surface area contributed by atoms with E-state index >= 15 is 0 Å². The van der Waals surface area contributed by atoms with E-state index in [2.05, 4.69) is 45.0 Å². The predicted molar refractivity (Wildman–Crippen MR) is 63.1 cm³/mol. The molecule has 0 aliphatic carbocycles. The van der Waals surface area contributed by atoms with Crippen LogP contribution in [0.15, 0.2) is 24.3 Å². The Morgan fingerprint density at radius 1 is 1.33 bits per heavy atom. The van der Waals surface area contributed by atoms with Crippen LogP contribution < -0.4 is 0 Å². The molecule has 0 heterocycles. The van der Waals surface area contributed by atoms with Crippen molar-refractivity contribution in [3.05, 3.63) is 35.4 Å². The minimum Gasteiger partial charge on any atom is -0.483 e. The van der Waals surface area contributed by atoms with Gasteiger partial charge >= 0.3 is 0 Å². The van der Waals surface area contributed by atoms with Gasteiger partial charge in [0.25, 0.3) is 6.47 Å². The Labute approximate surface area is 91.9 Å². The van der Waals surface area contributed by atoms with Crippen molar-refractivity contribution in [3.63, 3.8) is 0 Å². The van der Waals surface area contributed by atoms with E-state index in [0.29, 0.717) is 0 Å². The molecule has 0 aliphatic heterocycles. The molecule has 0 fully saturated rings. The Balaban J connectivity index is 0.000000583. The first-order valence-corrected chi connectivity index (χ1v) is 5.29. The number of carbonyl (C=O) groups is 1. The van der Waals surface area contributed by atoms with E-state index in [0.717, 1.165) is 12.3 Å². The molecule has 2 heteroatoms. The lowest BCUT2D eigenvalue weighted by Crippen LogP contribution is -1.94. The molecule has 15 heavy (non-hydrogen) atoms. The zero-order valence-corrected chi connectivity index (χ0v) is 9.73. The first-order valence-electron chi connectivity index (χ1n) is 5.29. The second-order valence-electron chi connectivity index (χ2n) is 3.88. The van der Waals surface area contributed by atoms with Gasteiger partial charge in [0.2, 0.25) is 0 Å². The van der Waals surface area contributed by atoms with Gasteiger partial charge in [-0.1, -0.05) is 45.0 Å². The van der Waals surface area contributed by atoms with Crippen molar-refractivity contribution in [3.8, 4) is 0 Å². The van der Waals surface area contributed by atoms with Crippen LogP contribution in [-0.4, -0.2) is 11.6 Å². The van der Waals surface area contributed by atoms with Crippen LogP contribution >= 0.6 is 0 Å². The van der Waals surface area contributed by atoms with Gasteiger partial charge in [0.05, 0.1) is 0 Å². The highest BCUT2D eigenvalue weighted by Crippen LogP contribution is 2.10. The minimum absolute atomic E-state index is 0.250. The van der Waals surface area contributed by atoms with Crippen molar-refractivity contribution < 1.29 is 9.90 Å². The average molecular weight is 208 g/mol. The first kappa shape index (κ1) is 13.7. The van der Waals surface area contributed by atoms with Gasteiger partial charge in [-0.25, -0.2) is 0 Å². The summed E-state index contributed by atoms with van der Waals surface area (Å²) in [4.78, 5) is 8.36. The van der Waals surface area contributed by atoms with Gasteiger partial charge in [0.1, 0.15) is 0 Å². The van der Waals surface area contributed by atoms with Gasteiger partial charge in [0.15, 0.2) is 0 Å². The summed E-state index contributed by atoms with van der Waals surface area (Å²) in [6.45, 7) is 6.48. The normalized spacial score (nSPS) is 9.33. The molecule has 2 nitrogen and oxygen atoms in total. The van der Waals surface area contributed by atoms with Crippen LogP contribution in [0.4, 0.5) is 0 Å². The smallest absolute Gasteiger partial charge is 0.290 e. The molecule has 0 saturated carbocycles. The highest BCUT2D eigenvalue weighted by molar-refractivity contribution is 5.32. The Hall–Kier alpha value is -1.31. The zero-order valence-electron chi connectivity index (χ0n) is 9.73. The molecule has 1 N–H and O–H groups in total. The summed E-state index contributed by atoms with van der Waals surface area (Å²) >= 11 is 0. The summed E-state index contributed by atoms with van der Waals surface area (Å²) < 4.78 is 0. The molecule has 0 aliphatic rings. The fourth-order valence-corrected chi connectivity index (χ4v) is 1.45. The largest absolute Gasteiger partial charge is 0.483 e. The van der Waals surface area contributed by atoms with Crippen LogP contribution in [0, 0.1) is 5.92 Å². The molecule has 0 radical (unpaired) electrons. The number of rotatable bonds is 3. The number of carboxylic acid groups (broad SMARTS) is 1. The van der Waals surface area contributed by atoms with Crippen molar-refractivity contribution in [2.75, 3.05) is 0 Å². The molecular weight excluding hydrogens is 188 g/mol. The molecule has 1 aromatic carbocycles. The van der Waals surface area contributed by atoms with E-state index in [1.807, 2.05) is 0 Å². The molecule has 0 amide bonds. The van der Waals surface area contributed by atoms with E-state index in [-0.39, 0.29) is 6.47 Å². The van der Waals surface area contributed by atoms with Crippen molar-refractivity contribution in [1.82, 2.24) is 0 Å². The molecule has 1 aromatic rings. The summed E-state index contributed by atoms with van der Waals surface area (Å²) in [6.07, 6.45) is 2.35. The van der Waals surface area contributed by atoms with Gasteiger partial charge in [0, 0.05) is 0 Å². The molecule has 0 atom stereocenters. The summed E-state index contributed by atoms with van der Waals surface area (Å²) in [5.41, 5.74) is 2.93. The number of benzene rings is 1. The molecular formula is C13H20O2. The van der Waals surface area contributed by atoms with E-state index in [1.165, 1.54) is 17.5 Å². The maximum absolute atomic E-state index is 8.36. The summed E-state index contributed by atoms with van der Waals surface area (Å²) in [7, 11) is 0. The van der Waals surface area contributed by atoms with E-state index in [1.54, 1.807) is 0 Å². The summed E-state index contributed by atoms with van der Waals surface area (Å²) in [6, 6.07) is 8.90. The fourth-order valence-electron chi connectivity index (χ4n) is 1.45. The maximum atomic E-state index is 8.36. The van der Waals surface area contributed by atoms with Crippen LogP contribution in [0.3, 0.4) is 0 Å². The van der Waals surface area contributed by atoms with Crippen molar-refractivity contribution in [1.29, 1.82) is 0 Å². The van der Waals surface area contributed by atoms with Gasteiger partial charge in [-0.05, 0) is 29.9 Å². The topological polar surface area (TPSA) is 37.3 Å². The van der Waals surface area contributed by atoms with Gasteiger partial charge in [-0.2, -0.15) is 0 Å². The maximum Gasteiger partial charge on any atom is 0.290 e. The molecule has 0 aromatic heterocycles. The summed E-state index contributed by atoms with van der Waals surface area (Å²) in [5, 5.41) is 6.89. The van der Waals surface area contributed by atoms with Gasteiger partial charge in [-0.15, -0.1) is 0 Å². The first-order chi connectivity index (χ1) is 7.13. The number of hydrogen-bond donors (Lipinski definition) is 1. The zero-order chi connectivity index (χ0) is 11.7. The van der Waals surface area contributed by atoms with Crippen molar-refractivity contribution in [2.24, 2.45) is 5.92 Å². The SMILES string of the molecule is CCc1cccc(CC(C)C)c1.O=CO. The Bertz CT molecular complexity index is 280. The Morgan fingerprint density at radius 2 is 1.87 bits per heavy atom. The third kappa shape index (κ3) is 6.72. The van der Waals surface area contributed by atoms with Gasteiger partial charge < -0.3 is 5.11 Å². The fraction of sp³-hybridized carbons (Fsp3) is 0.462. The highest BCUT2D eigenvalue weighted by Gasteiger charge is 1.97. The van der Waals surface area contributed by atoms with Crippen molar-refractivity contribution in [2.45, 2.75) is 33.6 Å². The number of hydrogen-bond acceptors (Lipinski definition) is 1. The second-order valence-corrected chi connectivity index (χ2v) is 3.88. The number of aryl methyl sites for hydroxylation is 1. The Morgan fingerprint density at radius 3 is 2.33 bits per heavy atom. The third-order valence-corrected chi connectivity index (χ3v) is 2.04. The summed E-state index contributed by atoms with van der Waals surface area (Å²) in [5.74, 6) is 0.761. The van der Waals surface area contributed by atoms with Crippen LogP contribution in [-0.2, 0) is 17.6 Å². The van der Waals surface area contributed by atoms with Gasteiger partial charge in [-0.3, -0.25) is 4.79 Å². The van der Waals surface area contributed by atoms with Crippen LogP contribution in [0.25, 0.3) is 0 Å². The Kier molecular flexibility index (Phi) is 7.33. The lowest BCUT2D eigenvalue weighted by atomic mass is 10.0. The average Bonchev–Trinajstić information content (AvgIpc) is 2.18. The highest BCUT2D eigenvalue weighted by atomic mass is 16.3. The van der Waals surface area contributed by atoms with E-state index in [4.69, 9.17) is 9.90 Å². The molecule has 0 saturated heterocycles. The monoisotopic (exact) mass is 208 g/mol. The molecule has 0 spiro atoms. The third-order valence-electron chi connectivity index (χ3n) is 2.04. The molecule has 84 valence electrons. The standard InChI is InChI=1S/C12H18.CH2O2/c1-4-11-6-5-7-12(9-11)8-10(2)3;2-1-3/h5-7,9-10H,4,8H2,1-3H3;1H,(H,2,3). The molecule has 0 unspecified atom stereocenters. The lowest BCUT2D eigenvalue weighted by molar-refractivity contribution is -0.122. The van der Waals surface area contributed by atoms with Crippen LogP contribution in [0.5, 0.6) is 0 Å². The molecule has 0 bridgehead atoms. The van der Waals surface area contributed by atoms with E-state index in [9.17, 15) is 0 Å². The van der Waals surface area contributed by atoms with Crippen LogP contribution in [0.2, 0.25) is 0 Å². The molecule has 1 rings (SSSR count). The minimum atomic E-state index is -0.250. The van der Waals surface area contributed by atoms with Crippen molar-refractivity contribution >= 4 is 6.47 Å². The predicted octanol–water partition coefficient (Wildman–Crippen LogP) is 3.15. The quantitative estimate of drug-likeness (QED) is 0.775. The lowest BCUT2D eigenvalue weighted by Gasteiger charge is -2.05. The second kappa shape index (κ2) is 8.04. The van der Waals surface area contributed by atoms with E-state index < -0.39 is 0 Å².